The molecule has 132 valence electrons. The van der Waals surface area contributed by atoms with Crippen LogP contribution in [0.5, 0.6) is 0 Å². The molecule has 0 N–H and O–H groups in total. The molecule has 0 fully saturated rings. The third-order valence-corrected chi connectivity index (χ3v) is 5.00. The topological polar surface area (TPSA) is 56.7 Å². The Morgan fingerprint density at radius 3 is 2.00 bits per heavy atom. The summed E-state index contributed by atoms with van der Waals surface area (Å²) in [5.41, 5.74) is 5.32. The summed E-state index contributed by atoms with van der Waals surface area (Å²) < 4.78 is 8.01. The number of fused-ring (bicyclic) bond motifs is 4. The Morgan fingerprint density at radius 1 is 0.679 bits per heavy atom. The highest BCUT2D eigenvalue weighted by Crippen LogP contribution is 2.32. The van der Waals surface area contributed by atoms with Gasteiger partial charge in [0, 0.05) is 34.4 Å². The van der Waals surface area contributed by atoms with E-state index in [9.17, 15) is 0 Å². The van der Waals surface area contributed by atoms with E-state index in [0.717, 1.165) is 11.3 Å². The lowest BCUT2D eigenvalue weighted by atomic mass is 10.2. The van der Waals surface area contributed by atoms with Crippen molar-refractivity contribution in [1.82, 2.24) is 19.5 Å². The quantitative estimate of drug-likeness (QED) is 0.415. The fraction of sp³-hybridized carbons (Fsp3) is 0. The van der Waals surface area contributed by atoms with Gasteiger partial charge in [-0.15, -0.1) is 0 Å². The first kappa shape index (κ1) is 15.1. The van der Waals surface area contributed by atoms with Crippen molar-refractivity contribution in [3.05, 3.63) is 85.2 Å². The Morgan fingerprint density at radius 2 is 1.32 bits per heavy atom. The van der Waals surface area contributed by atoms with Crippen LogP contribution in [0, 0.1) is 0 Å². The van der Waals surface area contributed by atoms with Crippen LogP contribution in [0.15, 0.2) is 89.6 Å². The van der Waals surface area contributed by atoms with Crippen molar-refractivity contribution in [1.29, 1.82) is 0 Å². The highest BCUT2D eigenvalue weighted by atomic mass is 16.4. The van der Waals surface area contributed by atoms with Gasteiger partial charge in [-0.05, 0) is 36.4 Å². The van der Waals surface area contributed by atoms with Crippen molar-refractivity contribution in [2.24, 2.45) is 0 Å². The van der Waals surface area contributed by atoms with E-state index in [0.29, 0.717) is 17.3 Å². The molecule has 0 aliphatic rings. The van der Waals surface area contributed by atoms with E-state index in [1.54, 1.807) is 12.4 Å². The van der Waals surface area contributed by atoms with Gasteiger partial charge in [-0.25, -0.2) is 9.97 Å². The van der Waals surface area contributed by atoms with Crippen molar-refractivity contribution in [2.45, 2.75) is 0 Å². The second kappa shape index (κ2) is 5.76. The Kier molecular flexibility index (Phi) is 3.10. The van der Waals surface area contributed by atoms with Crippen LogP contribution >= 0.6 is 0 Å². The summed E-state index contributed by atoms with van der Waals surface area (Å²) in [6.45, 7) is 0. The molecule has 0 aliphatic carbocycles. The maximum atomic E-state index is 5.73. The summed E-state index contributed by atoms with van der Waals surface area (Å²) in [6.07, 6.45) is 3.21. The molecule has 0 saturated carbocycles. The van der Waals surface area contributed by atoms with Gasteiger partial charge < -0.3 is 8.98 Å². The first-order chi connectivity index (χ1) is 13.9. The molecule has 0 atom stereocenters. The lowest BCUT2D eigenvalue weighted by molar-refractivity contribution is 0.607. The normalized spacial score (nSPS) is 11.6. The van der Waals surface area contributed by atoms with E-state index in [1.807, 2.05) is 12.1 Å². The predicted octanol–water partition coefficient (Wildman–Crippen LogP) is 5.38. The van der Waals surface area contributed by atoms with Gasteiger partial charge in [0.05, 0.1) is 11.0 Å². The van der Waals surface area contributed by atoms with Gasteiger partial charge in [-0.2, -0.15) is 4.98 Å². The number of oxazole rings is 1. The van der Waals surface area contributed by atoms with Crippen LogP contribution < -0.4 is 0 Å². The number of nitrogens with zero attached hydrogens (tertiary/aromatic N) is 4. The summed E-state index contributed by atoms with van der Waals surface area (Å²) >= 11 is 0. The van der Waals surface area contributed by atoms with E-state index in [4.69, 9.17) is 4.42 Å². The van der Waals surface area contributed by atoms with E-state index in [1.165, 1.54) is 21.8 Å². The van der Waals surface area contributed by atoms with Crippen LogP contribution in [0.25, 0.3) is 50.3 Å². The molecule has 0 aliphatic heterocycles. The minimum atomic E-state index is 0.448. The Bertz CT molecular complexity index is 1370. The van der Waals surface area contributed by atoms with Crippen molar-refractivity contribution >= 4 is 33.2 Å². The Labute approximate surface area is 159 Å². The van der Waals surface area contributed by atoms with E-state index in [-0.39, 0.29) is 0 Å². The molecule has 0 saturated heterocycles. The third kappa shape index (κ3) is 2.16. The van der Waals surface area contributed by atoms with Crippen LogP contribution in [0.4, 0.5) is 0 Å². The molecule has 3 aromatic heterocycles. The fourth-order valence-corrected chi connectivity index (χ4v) is 3.75. The van der Waals surface area contributed by atoms with E-state index >= 15 is 0 Å². The maximum Gasteiger partial charge on any atom is 0.266 e. The molecule has 6 aromatic rings. The Hall–Kier alpha value is -3.99. The monoisotopic (exact) mass is 362 g/mol. The molecule has 28 heavy (non-hydrogen) atoms. The third-order valence-electron chi connectivity index (χ3n) is 5.00. The minimum Gasteiger partial charge on any atom is -0.416 e. The van der Waals surface area contributed by atoms with Gasteiger partial charge in [0.2, 0.25) is 11.5 Å². The van der Waals surface area contributed by atoms with Crippen molar-refractivity contribution in [3.8, 4) is 17.1 Å². The molecule has 3 heterocycles. The second-order valence-corrected chi connectivity index (χ2v) is 6.62. The lowest BCUT2D eigenvalue weighted by Crippen LogP contribution is -1.93. The zero-order valence-electron chi connectivity index (χ0n) is 14.8. The molecule has 5 nitrogen and oxygen atoms in total. The summed E-state index contributed by atoms with van der Waals surface area (Å²) in [5, 5.41) is 2.50. The van der Waals surface area contributed by atoms with Crippen LogP contribution in [0.1, 0.15) is 0 Å². The summed E-state index contributed by atoms with van der Waals surface area (Å²) in [4.78, 5) is 12.8. The van der Waals surface area contributed by atoms with Crippen LogP contribution in [-0.4, -0.2) is 19.5 Å². The Balaban J connectivity index is 1.52. The average Bonchev–Trinajstić information content (AvgIpc) is 3.33. The van der Waals surface area contributed by atoms with Crippen LogP contribution in [-0.2, 0) is 0 Å². The van der Waals surface area contributed by atoms with Gasteiger partial charge in [-0.3, -0.25) is 0 Å². The minimum absolute atomic E-state index is 0.448. The SMILES string of the molecule is c1ccc2c(c1)c1ccccc1n2-c1ccc(-c2nc3nccnc3o2)cc1. The molecule has 0 bridgehead atoms. The number of benzene rings is 3. The van der Waals surface area contributed by atoms with Crippen molar-refractivity contribution in [3.63, 3.8) is 0 Å². The lowest BCUT2D eigenvalue weighted by Gasteiger charge is -2.08. The van der Waals surface area contributed by atoms with Crippen LogP contribution in [0.3, 0.4) is 0 Å². The zero-order chi connectivity index (χ0) is 18.5. The smallest absolute Gasteiger partial charge is 0.266 e. The molecule has 5 heteroatoms. The van der Waals surface area contributed by atoms with Crippen molar-refractivity contribution < 1.29 is 4.42 Å². The van der Waals surface area contributed by atoms with Crippen LogP contribution in [0.2, 0.25) is 0 Å². The second-order valence-electron chi connectivity index (χ2n) is 6.62. The summed E-state index contributed by atoms with van der Waals surface area (Å²) in [6, 6.07) is 25.2. The highest BCUT2D eigenvalue weighted by molar-refractivity contribution is 6.09. The average molecular weight is 362 g/mol. The summed E-state index contributed by atoms with van der Waals surface area (Å²) in [5.74, 6) is 0.523. The van der Waals surface area contributed by atoms with Gasteiger partial charge in [0.1, 0.15) is 0 Å². The maximum absolute atomic E-state index is 5.73. The van der Waals surface area contributed by atoms with Gasteiger partial charge >= 0.3 is 0 Å². The predicted molar refractivity (Wildman–Crippen MR) is 109 cm³/mol. The number of para-hydroxylation sites is 2. The standard InChI is InChI=1S/C23H14N4O/c1-3-7-19-17(5-1)18-6-2-4-8-20(18)27(19)16-11-9-15(10-12-16)22-26-21-23(28-22)25-14-13-24-21/h1-14H. The fourth-order valence-electron chi connectivity index (χ4n) is 3.75. The van der Waals surface area contributed by atoms with Gasteiger partial charge in [-0.1, -0.05) is 36.4 Å². The van der Waals surface area contributed by atoms with Crippen molar-refractivity contribution in [2.75, 3.05) is 0 Å². The largest absolute Gasteiger partial charge is 0.416 e. The molecule has 0 radical (unpaired) electrons. The number of aromatic nitrogens is 4. The number of rotatable bonds is 2. The first-order valence-electron chi connectivity index (χ1n) is 9.05. The number of hydrogen-bond donors (Lipinski definition) is 0. The molecule has 3 aromatic carbocycles. The molecule has 0 unspecified atom stereocenters. The number of hydrogen-bond acceptors (Lipinski definition) is 4. The summed E-state index contributed by atoms with van der Waals surface area (Å²) in [7, 11) is 0. The molecule has 0 amide bonds. The van der Waals surface area contributed by atoms with Gasteiger partial charge in [0.15, 0.2) is 0 Å². The molecule has 6 rings (SSSR count). The molecular formula is C23H14N4O. The molecular weight excluding hydrogens is 348 g/mol. The van der Waals surface area contributed by atoms with E-state index in [2.05, 4.69) is 80.2 Å². The molecule has 0 spiro atoms. The van der Waals surface area contributed by atoms with Gasteiger partial charge in [0.25, 0.3) is 5.71 Å². The van der Waals surface area contributed by atoms with E-state index < -0.39 is 0 Å². The first-order valence-corrected chi connectivity index (χ1v) is 9.05. The highest BCUT2D eigenvalue weighted by Gasteiger charge is 2.13. The zero-order valence-corrected chi connectivity index (χ0v) is 14.8.